The van der Waals surface area contributed by atoms with E-state index in [2.05, 4.69) is 28.3 Å². The first-order valence-corrected chi connectivity index (χ1v) is 9.03. The third-order valence-electron chi connectivity index (χ3n) is 5.20. The van der Waals surface area contributed by atoms with Gasteiger partial charge < -0.3 is 10.2 Å². The van der Waals surface area contributed by atoms with Crippen molar-refractivity contribution >= 4 is 5.91 Å². The van der Waals surface area contributed by atoms with Gasteiger partial charge in [0.15, 0.2) is 0 Å². The van der Waals surface area contributed by atoms with Crippen LogP contribution in [0.5, 0.6) is 0 Å². The van der Waals surface area contributed by atoms with Crippen molar-refractivity contribution < 1.29 is 9.18 Å². The molecule has 3 N–H and O–H groups in total. The summed E-state index contributed by atoms with van der Waals surface area (Å²) in [5.74, 6) is -0.417. The molecule has 0 aliphatic carbocycles. The molecule has 2 aromatic carbocycles. The maximum absolute atomic E-state index is 13.6. The van der Waals surface area contributed by atoms with Gasteiger partial charge in [0.1, 0.15) is 5.82 Å². The third-order valence-corrected chi connectivity index (χ3v) is 5.20. The van der Waals surface area contributed by atoms with Gasteiger partial charge in [-0.1, -0.05) is 42.5 Å². The Morgan fingerprint density at radius 1 is 1.08 bits per heavy atom. The minimum Gasteiger partial charge on any atom is -0.339 e. The minimum atomic E-state index is -0.284. The number of nitrogens with zero attached hydrogens (tertiary/aromatic N) is 1. The first-order valence-electron chi connectivity index (χ1n) is 9.03. The molecule has 2 saturated heterocycles. The molecule has 26 heavy (non-hydrogen) atoms. The predicted molar refractivity (Wildman–Crippen MR) is 97.5 cm³/mol. The standard InChI is InChI=1S/C20H23FN4O/c21-16-8-4-7-15(11-16)19-17(12-23-24-19)20(26)25-10-9-22-18(13-25)14-5-2-1-3-6-14/h1-8,11,17-19,22-24H,9-10,12-13H2. The Morgan fingerprint density at radius 2 is 1.88 bits per heavy atom. The van der Waals surface area contributed by atoms with E-state index in [9.17, 15) is 9.18 Å². The van der Waals surface area contributed by atoms with Crippen LogP contribution in [0.4, 0.5) is 4.39 Å². The Bertz CT molecular complexity index is 769. The van der Waals surface area contributed by atoms with Crippen LogP contribution < -0.4 is 16.2 Å². The Morgan fingerprint density at radius 3 is 2.69 bits per heavy atom. The lowest BCUT2D eigenvalue weighted by Crippen LogP contribution is -2.51. The van der Waals surface area contributed by atoms with E-state index in [0.29, 0.717) is 19.6 Å². The summed E-state index contributed by atoms with van der Waals surface area (Å²) < 4.78 is 13.6. The Labute approximate surface area is 152 Å². The van der Waals surface area contributed by atoms with Gasteiger partial charge >= 0.3 is 0 Å². The molecule has 2 aliphatic heterocycles. The Hall–Kier alpha value is -2.28. The SMILES string of the molecule is O=C(C1CNNC1c1cccc(F)c1)N1CCNC(c2ccccc2)C1. The fourth-order valence-corrected chi connectivity index (χ4v) is 3.84. The van der Waals surface area contributed by atoms with E-state index in [-0.39, 0.29) is 29.7 Å². The van der Waals surface area contributed by atoms with Crippen molar-refractivity contribution in [3.8, 4) is 0 Å². The fourth-order valence-electron chi connectivity index (χ4n) is 3.84. The van der Waals surface area contributed by atoms with E-state index >= 15 is 0 Å². The van der Waals surface area contributed by atoms with E-state index in [1.807, 2.05) is 29.2 Å². The molecule has 0 spiro atoms. The third kappa shape index (κ3) is 3.49. The first kappa shape index (κ1) is 17.1. The van der Waals surface area contributed by atoms with Gasteiger partial charge in [0.05, 0.1) is 12.0 Å². The number of hydrazine groups is 1. The number of carbonyl (C=O) groups is 1. The maximum Gasteiger partial charge on any atom is 0.229 e. The van der Waals surface area contributed by atoms with Crippen LogP contribution in [0, 0.1) is 11.7 Å². The van der Waals surface area contributed by atoms with E-state index in [1.54, 1.807) is 6.07 Å². The lowest BCUT2D eigenvalue weighted by molar-refractivity contribution is -0.136. The lowest BCUT2D eigenvalue weighted by atomic mass is 9.93. The van der Waals surface area contributed by atoms with Crippen molar-refractivity contribution in [1.29, 1.82) is 0 Å². The highest BCUT2D eigenvalue weighted by molar-refractivity contribution is 5.80. The van der Waals surface area contributed by atoms with Crippen molar-refractivity contribution in [2.45, 2.75) is 12.1 Å². The zero-order chi connectivity index (χ0) is 17.9. The quantitative estimate of drug-likeness (QED) is 0.786. The highest BCUT2D eigenvalue weighted by Crippen LogP contribution is 2.28. The fraction of sp³-hybridized carbons (Fsp3) is 0.350. The molecule has 2 fully saturated rings. The van der Waals surface area contributed by atoms with Crippen molar-refractivity contribution in [2.75, 3.05) is 26.2 Å². The number of benzene rings is 2. The number of piperazine rings is 1. The largest absolute Gasteiger partial charge is 0.339 e. The highest BCUT2D eigenvalue weighted by Gasteiger charge is 2.38. The Balaban J connectivity index is 1.49. The second-order valence-corrected chi connectivity index (χ2v) is 6.87. The highest BCUT2D eigenvalue weighted by atomic mass is 19.1. The number of halogens is 1. The molecule has 0 bridgehead atoms. The van der Waals surface area contributed by atoms with Gasteiger partial charge in [-0.2, -0.15) is 0 Å². The number of rotatable bonds is 3. The molecule has 0 saturated carbocycles. The molecule has 5 nitrogen and oxygen atoms in total. The molecular formula is C20H23FN4O. The van der Waals surface area contributed by atoms with E-state index < -0.39 is 0 Å². The number of hydrogen-bond donors (Lipinski definition) is 3. The zero-order valence-corrected chi connectivity index (χ0v) is 14.5. The number of carbonyl (C=O) groups excluding carboxylic acids is 1. The second-order valence-electron chi connectivity index (χ2n) is 6.87. The van der Waals surface area contributed by atoms with Gasteiger partial charge in [0.25, 0.3) is 0 Å². The van der Waals surface area contributed by atoms with Crippen LogP contribution in [0.2, 0.25) is 0 Å². The van der Waals surface area contributed by atoms with Crippen LogP contribution in [0.1, 0.15) is 23.2 Å². The maximum atomic E-state index is 13.6. The van der Waals surface area contributed by atoms with Crippen LogP contribution in [0.3, 0.4) is 0 Å². The van der Waals surface area contributed by atoms with Crippen molar-refractivity contribution in [3.05, 3.63) is 71.5 Å². The molecule has 0 radical (unpaired) electrons. The van der Waals surface area contributed by atoms with Crippen LogP contribution in [-0.2, 0) is 4.79 Å². The van der Waals surface area contributed by atoms with E-state index in [0.717, 1.165) is 12.1 Å². The van der Waals surface area contributed by atoms with E-state index in [1.165, 1.54) is 17.7 Å². The van der Waals surface area contributed by atoms with Gasteiger partial charge in [0, 0.05) is 32.2 Å². The van der Waals surface area contributed by atoms with Crippen molar-refractivity contribution in [3.63, 3.8) is 0 Å². The van der Waals surface area contributed by atoms with Crippen LogP contribution in [0.15, 0.2) is 54.6 Å². The molecule has 136 valence electrons. The molecule has 2 aromatic rings. The molecular weight excluding hydrogens is 331 g/mol. The molecule has 6 heteroatoms. The normalized spacial score (nSPS) is 26.0. The van der Waals surface area contributed by atoms with Crippen molar-refractivity contribution in [1.82, 2.24) is 21.1 Å². The summed E-state index contributed by atoms with van der Waals surface area (Å²) >= 11 is 0. The topological polar surface area (TPSA) is 56.4 Å². The predicted octanol–water partition coefficient (Wildman–Crippen LogP) is 1.76. The summed E-state index contributed by atoms with van der Waals surface area (Å²) in [5, 5.41) is 3.49. The summed E-state index contributed by atoms with van der Waals surface area (Å²) in [4.78, 5) is 15.1. The summed E-state index contributed by atoms with van der Waals surface area (Å²) in [7, 11) is 0. The molecule has 4 rings (SSSR count). The molecule has 1 amide bonds. The minimum absolute atomic E-state index is 0.110. The monoisotopic (exact) mass is 354 g/mol. The van der Waals surface area contributed by atoms with Gasteiger partial charge in [-0.15, -0.1) is 0 Å². The summed E-state index contributed by atoms with van der Waals surface area (Å²) in [5.41, 5.74) is 8.18. The average molecular weight is 354 g/mol. The second kappa shape index (κ2) is 7.53. The van der Waals surface area contributed by atoms with Gasteiger partial charge in [0.2, 0.25) is 5.91 Å². The zero-order valence-electron chi connectivity index (χ0n) is 14.5. The molecule has 0 aromatic heterocycles. The molecule has 2 aliphatic rings. The van der Waals surface area contributed by atoms with E-state index in [4.69, 9.17) is 0 Å². The average Bonchev–Trinajstić information content (AvgIpc) is 3.18. The van der Waals surface area contributed by atoms with Crippen LogP contribution in [-0.4, -0.2) is 37.0 Å². The molecule has 3 unspecified atom stereocenters. The lowest BCUT2D eigenvalue weighted by Gasteiger charge is -2.36. The van der Waals surface area contributed by atoms with Gasteiger partial charge in [-0.25, -0.2) is 9.82 Å². The molecule has 3 atom stereocenters. The number of amides is 1. The first-order chi connectivity index (χ1) is 12.7. The summed E-state index contributed by atoms with van der Waals surface area (Å²) in [6.07, 6.45) is 0. The Kier molecular flexibility index (Phi) is 4.97. The smallest absolute Gasteiger partial charge is 0.229 e. The molecule has 2 heterocycles. The number of hydrogen-bond acceptors (Lipinski definition) is 4. The van der Waals surface area contributed by atoms with Crippen LogP contribution in [0.25, 0.3) is 0 Å². The van der Waals surface area contributed by atoms with Crippen LogP contribution >= 0.6 is 0 Å². The van der Waals surface area contributed by atoms with Crippen molar-refractivity contribution in [2.24, 2.45) is 5.92 Å². The summed E-state index contributed by atoms with van der Waals surface area (Å²) in [6.45, 7) is 2.65. The van der Waals surface area contributed by atoms with Gasteiger partial charge in [-0.3, -0.25) is 10.2 Å². The summed E-state index contributed by atoms with van der Waals surface area (Å²) in [6, 6.07) is 16.6. The van der Waals surface area contributed by atoms with Gasteiger partial charge in [-0.05, 0) is 23.3 Å². The number of nitrogens with one attached hydrogen (secondary N) is 3.